The van der Waals surface area contributed by atoms with Crippen molar-refractivity contribution in [2.75, 3.05) is 0 Å². The molecule has 0 spiro atoms. The Morgan fingerprint density at radius 2 is 1.38 bits per heavy atom. The summed E-state index contributed by atoms with van der Waals surface area (Å²) in [5, 5.41) is 4.75. The van der Waals surface area contributed by atoms with E-state index < -0.39 is 0 Å². The van der Waals surface area contributed by atoms with Crippen molar-refractivity contribution in [3.63, 3.8) is 0 Å². The van der Waals surface area contributed by atoms with Gasteiger partial charge < -0.3 is 9.55 Å². The summed E-state index contributed by atoms with van der Waals surface area (Å²) >= 11 is 1.64. The normalized spacial score (nSPS) is 10.7. The fraction of sp³-hybridized carbons (Fsp3) is 0.0227. The Hall–Kier alpha value is -5.52. The second-order valence-corrected chi connectivity index (χ2v) is 12.4. The van der Waals surface area contributed by atoms with Gasteiger partial charge in [-0.2, -0.15) is 0 Å². The molecule has 0 bridgehead atoms. The first-order valence-electron chi connectivity index (χ1n) is 16.1. The Balaban J connectivity index is 0.000000255. The number of rotatable bonds is 6. The Bertz CT molecular complexity index is 2410. The summed E-state index contributed by atoms with van der Waals surface area (Å²) in [5.74, 6) is 0.912. The molecule has 0 amide bonds. The zero-order valence-corrected chi connectivity index (χ0v) is 30.1. The Kier molecular flexibility index (Phi) is 10.1. The molecular weight excluding hydrogens is 809 g/mol. The van der Waals surface area contributed by atoms with Crippen molar-refractivity contribution in [1.29, 1.82) is 0 Å². The number of fused-ring (bicyclic) bond motifs is 2. The van der Waals surface area contributed by atoms with E-state index in [1.807, 2.05) is 72.9 Å². The molecule has 6 heteroatoms. The van der Waals surface area contributed by atoms with Crippen molar-refractivity contribution in [2.45, 2.75) is 6.42 Å². The molecule has 0 N–H and O–H groups in total. The van der Waals surface area contributed by atoms with Crippen LogP contribution in [0, 0.1) is 11.4 Å². The molecule has 0 saturated carbocycles. The van der Waals surface area contributed by atoms with Gasteiger partial charge in [0.25, 0.3) is 0 Å². The van der Waals surface area contributed by atoms with Crippen LogP contribution >= 0.6 is 11.3 Å². The molecule has 0 atom stereocenters. The van der Waals surface area contributed by atoms with Gasteiger partial charge in [-0.05, 0) is 59.3 Å². The van der Waals surface area contributed by atoms with E-state index >= 15 is 0 Å². The Morgan fingerprint density at radius 1 is 0.640 bits per heavy atom. The smallest absolute Gasteiger partial charge is 0.0774 e. The number of thiophene rings is 1. The van der Waals surface area contributed by atoms with Crippen LogP contribution in [0.5, 0.6) is 0 Å². The Morgan fingerprint density at radius 3 is 2.14 bits per heavy atom. The third-order valence-corrected chi connectivity index (χ3v) is 9.24. The molecule has 0 fully saturated rings. The van der Waals surface area contributed by atoms with Gasteiger partial charge in [-0.15, -0.1) is 47.3 Å². The van der Waals surface area contributed by atoms with E-state index in [0.29, 0.717) is 0 Å². The van der Waals surface area contributed by atoms with Crippen LogP contribution in [0.2, 0.25) is 0 Å². The molecule has 0 aliphatic heterocycles. The predicted molar refractivity (Wildman–Crippen MR) is 202 cm³/mol. The number of imidazole rings is 1. The standard InChI is InChI=1S/C33H22N3S.C11H8N.Ir/c1-2-8-24(9-3-1)25-14-16-27(17-15-25)36-31-12-5-4-11-30(31)35-33(36)29-22-37-32-18-13-23(21-28(29)32)20-26-10-6-7-19-34-26;1-2-6-10(7-3-1)11-8-4-5-9-12-11;/h1-19,21H,20H2;1-6,8-9H;/q2*-1;. The first-order valence-corrected chi connectivity index (χ1v) is 17.0. The molecule has 0 aliphatic rings. The molecule has 0 unspecified atom stereocenters. The summed E-state index contributed by atoms with van der Waals surface area (Å²) in [7, 11) is 0. The minimum absolute atomic E-state index is 0. The number of aromatic nitrogens is 4. The van der Waals surface area contributed by atoms with Crippen LogP contribution in [0.15, 0.2) is 170 Å². The summed E-state index contributed by atoms with van der Waals surface area (Å²) in [6, 6.07) is 57.1. The molecule has 9 rings (SSSR count). The SMILES string of the molecule is [Ir].[c-]1ccccc1-c1ccccn1.[c-]1sc2ccc(Cc3ccccn3)cc2c1-c1nc2ccccc2n1-c1ccc(-c2ccccc2)cc1. The first kappa shape index (κ1) is 33.0. The van der Waals surface area contributed by atoms with E-state index in [-0.39, 0.29) is 20.1 Å². The maximum Gasteiger partial charge on any atom is 0.0774 e. The zero-order valence-electron chi connectivity index (χ0n) is 26.9. The maximum absolute atomic E-state index is 5.10. The van der Waals surface area contributed by atoms with Crippen molar-refractivity contribution < 1.29 is 20.1 Å². The van der Waals surface area contributed by atoms with E-state index in [2.05, 4.69) is 117 Å². The second kappa shape index (κ2) is 15.4. The largest absolute Gasteiger partial charge is 0.333 e. The topological polar surface area (TPSA) is 43.6 Å². The van der Waals surface area contributed by atoms with Gasteiger partial charge in [0, 0.05) is 50.3 Å². The van der Waals surface area contributed by atoms with Crippen molar-refractivity contribution in [2.24, 2.45) is 0 Å². The number of pyridine rings is 2. The first-order chi connectivity index (χ1) is 24.3. The van der Waals surface area contributed by atoms with Gasteiger partial charge in [-0.3, -0.25) is 21.3 Å². The molecule has 5 aromatic carbocycles. The van der Waals surface area contributed by atoms with Crippen LogP contribution in [0.3, 0.4) is 0 Å². The van der Waals surface area contributed by atoms with Gasteiger partial charge in [-0.1, -0.05) is 106 Å². The van der Waals surface area contributed by atoms with Crippen LogP contribution in [-0.2, 0) is 26.5 Å². The van der Waals surface area contributed by atoms with Gasteiger partial charge in [0.2, 0.25) is 0 Å². The van der Waals surface area contributed by atoms with Crippen LogP contribution in [0.1, 0.15) is 11.3 Å². The van der Waals surface area contributed by atoms with Crippen molar-refractivity contribution in [3.05, 3.63) is 193 Å². The van der Waals surface area contributed by atoms with Crippen molar-refractivity contribution in [3.8, 4) is 39.5 Å². The van der Waals surface area contributed by atoms with Crippen LogP contribution < -0.4 is 0 Å². The molecule has 0 saturated heterocycles. The maximum atomic E-state index is 5.10. The molecule has 1 radical (unpaired) electrons. The molecule has 4 nitrogen and oxygen atoms in total. The van der Waals surface area contributed by atoms with Gasteiger partial charge in [0.05, 0.1) is 16.9 Å². The number of para-hydroxylation sites is 2. The van der Waals surface area contributed by atoms with E-state index in [9.17, 15) is 0 Å². The summed E-state index contributed by atoms with van der Waals surface area (Å²) in [5.41, 5.74) is 10.9. The number of hydrogen-bond acceptors (Lipinski definition) is 4. The van der Waals surface area contributed by atoms with Gasteiger partial charge in [0.1, 0.15) is 0 Å². The molecule has 50 heavy (non-hydrogen) atoms. The molecular formula is C44H30IrN4S-2. The van der Waals surface area contributed by atoms with Gasteiger partial charge in [-0.25, -0.2) is 0 Å². The van der Waals surface area contributed by atoms with Crippen molar-refractivity contribution >= 4 is 32.5 Å². The quantitative estimate of drug-likeness (QED) is 0.157. The van der Waals surface area contributed by atoms with Crippen LogP contribution in [-0.4, -0.2) is 19.5 Å². The average molecular weight is 839 g/mol. The third-order valence-electron chi connectivity index (χ3n) is 8.35. The molecule has 4 aromatic heterocycles. The summed E-state index contributed by atoms with van der Waals surface area (Å²) in [6.07, 6.45) is 4.43. The average Bonchev–Trinajstić information content (AvgIpc) is 3.78. The van der Waals surface area contributed by atoms with Crippen LogP contribution in [0.4, 0.5) is 0 Å². The minimum Gasteiger partial charge on any atom is -0.333 e. The Labute approximate surface area is 309 Å². The van der Waals surface area contributed by atoms with E-state index in [1.165, 1.54) is 26.8 Å². The number of hydrogen-bond donors (Lipinski definition) is 0. The van der Waals surface area contributed by atoms with Gasteiger partial charge in [0.15, 0.2) is 0 Å². The van der Waals surface area contributed by atoms with Gasteiger partial charge >= 0.3 is 0 Å². The predicted octanol–water partition coefficient (Wildman–Crippen LogP) is 10.9. The fourth-order valence-corrected chi connectivity index (χ4v) is 6.79. The molecule has 9 aromatic rings. The zero-order chi connectivity index (χ0) is 32.8. The summed E-state index contributed by atoms with van der Waals surface area (Å²) in [4.78, 5) is 13.8. The number of nitrogens with zero attached hydrogens (tertiary/aromatic N) is 4. The second-order valence-electron chi connectivity index (χ2n) is 11.6. The third kappa shape index (κ3) is 7.10. The minimum atomic E-state index is 0. The summed E-state index contributed by atoms with van der Waals surface area (Å²) < 4.78 is 3.46. The number of benzene rings is 5. The van der Waals surface area contributed by atoms with E-state index in [0.717, 1.165) is 51.5 Å². The fourth-order valence-electron chi connectivity index (χ4n) is 5.97. The van der Waals surface area contributed by atoms with Crippen LogP contribution in [0.25, 0.3) is 60.6 Å². The van der Waals surface area contributed by atoms with Crippen molar-refractivity contribution in [1.82, 2.24) is 19.5 Å². The molecule has 4 heterocycles. The molecule has 243 valence electrons. The van der Waals surface area contributed by atoms with E-state index in [4.69, 9.17) is 4.98 Å². The molecule has 0 aliphatic carbocycles. The van der Waals surface area contributed by atoms with E-state index in [1.54, 1.807) is 17.5 Å². The monoisotopic (exact) mass is 839 g/mol. The summed E-state index contributed by atoms with van der Waals surface area (Å²) in [6.45, 7) is 0.